The third kappa shape index (κ3) is 9.59. The average Bonchev–Trinajstić information content (AvgIpc) is 0.740. The van der Waals surface area contributed by atoms with Gasteiger partial charge >= 0.3 is 0 Å². The zero-order valence-corrected chi connectivity index (χ0v) is 52.6. The first-order chi connectivity index (χ1) is 48.6. The molecule has 0 spiro atoms. The molecule has 0 radical (unpaired) electrons. The SMILES string of the molecule is c1ccc(-c2cc(-c3ccc4c5ccc(-c6c7ccccc7nc7c6ccc6cccnc67)cc5c5ccccc5c4c3)cc(-c3ccccn3)n2)nc1.c1cnc2c(c1)ccc1c(-c3ccc(-c4ccc(-c5c6ccccc6nc6c5ccc5cccnc56)cc4)cc3)ccnc12. The molecule has 0 amide bonds. The van der Waals surface area contributed by atoms with Gasteiger partial charge in [0.25, 0.3) is 0 Å². The smallest absolute Gasteiger partial charge is 0.0978 e. The maximum Gasteiger partial charge on any atom is 0.0978 e. The number of nitrogens with zero attached hydrogens (tertiary/aromatic N) is 9. The van der Waals surface area contributed by atoms with E-state index in [0.29, 0.717) is 0 Å². The number of hydrogen-bond donors (Lipinski definition) is 0. The molecular weight excluding hydrogens is 1200 g/mol. The second-order valence-corrected chi connectivity index (χ2v) is 24.8. The summed E-state index contributed by atoms with van der Waals surface area (Å²) in [5.41, 5.74) is 22.3. The van der Waals surface area contributed by atoms with E-state index in [1.54, 1.807) is 0 Å². The summed E-state index contributed by atoms with van der Waals surface area (Å²) in [6.07, 6.45) is 11.0. The third-order valence-electron chi connectivity index (χ3n) is 19.2. The second-order valence-electron chi connectivity index (χ2n) is 24.8. The number of rotatable bonds is 7. The van der Waals surface area contributed by atoms with Gasteiger partial charge in [-0.25, -0.2) is 15.0 Å². The first kappa shape index (κ1) is 56.2. The predicted octanol–water partition coefficient (Wildman–Crippen LogP) is 22.3. The normalized spacial score (nSPS) is 11.7. The van der Waals surface area contributed by atoms with Gasteiger partial charge < -0.3 is 0 Å². The maximum atomic E-state index is 5.15. The van der Waals surface area contributed by atoms with Gasteiger partial charge in [0, 0.05) is 91.4 Å². The summed E-state index contributed by atoms with van der Waals surface area (Å²) < 4.78 is 0. The number of aromatic nitrogens is 9. The van der Waals surface area contributed by atoms with Crippen LogP contribution in [0.5, 0.6) is 0 Å². The van der Waals surface area contributed by atoms with E-state index in [4.69, 9.17) is 24.9 Å². The van der Waals surface area contributed by atoms with Crippen LogP contribution >= 0.6 is 0 Å². The summed E-state index contributed by atoms with van der Waals surface area (Å²) in [7, 11) is 0. The fraction of sp³-hybridized carbons (Fsp3) is 0. The van der Waals surface area contributed by atoms with Gasteiger partial charge in [0.05, 0.1) is 66.9 Å². The highest BCUT2D eigenvalue weighted by atomic mass is 14.8. The summed E-state index contributed by atoms with van der Waals surface area (Å²) in [5.74, 6) is 0. The molecule has 11 aromatic carbocycles. The van der Waals surface area contributed by atoms with Gasteiger partial charge in [-0.1, -0.05) is 200 Å². The fourth-order valence-electron chi connectivity index (χ4n) is 14.6. The molecule has 0 bridgehead atoms. The molecule has 0 aliphatic heterocycles. The van der Waals surface area contributed by atoms with Crippen LogP contribution in [-0.2, 0) is 0 Å². The lowest BCUT2D eigenvalue weighted by Gasteiger charge is -2.16. The monoisotopic (exact) mass is 1250 g/mol. The topological polar surface area (TPSA) is 116 Å². The van der Waals surface area contributed by atoms with Crippen molar-refractivity contribution in [3.8, 4) is 78.4 Å². The number of fused-ring (bicyclic) bond motifs is 17. The van der Waals surface area contributed by atoms with E-state index in [-0.39, 0.29) is 0 Å². The molecule has 9 aromatic heterocycles. The third-order valence-corrected chi connectivity index (χ3v) is 19.2. The minimum Gasteiger partial charge on any atom is -0.255 e. The number of hydrogen-bond acceptors (Lipinski definition) is 9. The lowest BCUT2D eigenvalue weighted by molar-refractivity contribution is 1.22. The first-order valence-electron chi connectivity index (χ1n) is 32.8. The van der Waals surface area contributed by atoms with Gasteiger partial charge in [-0.2, -0.15) is 0 Å². The molecule has 0 N–H and O–H groups in total. The first-order valence-corrected chi connectivity index (χ1v) is 32.8. The highest BCUT2D eigenvalue weighted by molar-refractivity contribution is 6.27. The Morgan fingerprint density at radius 1 is 0.173 bits per heavy atom. The second kappa shape index (κ2) is 23.3. The Morgan fingerprint density at radius 3 is 1.10 bits per heavy atom. The van der Waals surface area contributed by atoms with Crippen molar-refractivity contribution in [1.29, 1.82) is 0 Å². The van der Waals surface area contributed by atoms with Crippen LogP contribution in [0, 0.1) is 0 Å². The quantitative estimate of drug-likeness (QED) is 0.114. The summed E-state index contributed by atoms with van der Waals surface area (Å²) in [6, 6.07) is 100. The minimum atomic E-state index is 0.810. The van der Waals surface area contributed by atoms with Crippen LogP contribution in [0.15, 0.2) is 322 Å². The Labute approximate surface area is 561 Å². The molecule has 0 aliphatic carbocycles. The minimum absolute atomic E-state index is 0.810. The lowest BCUT2D eigenvalue weighted by atomic mass is 9.89. The van der Waals surface area contributed by atoms with Crippen LogP contribution in [0.25, 0.3) is 198 Å². The standard InChI is InChI=1S/C49H29N5.C40H24N4/c1-2-12-35-34(11-1)40-26-31(33-28-45(43-15-5-7-23-50-43)53-46(29-33)44-16-6-8-24-51-44)18-20-36(40)37-21-19-32(27-41(35)37)47-38-13-3-4-14-42(38)54-49-39(47)22-17-30-10-9-25-52-48(30)49;1-2-8-35-33(7-1)36(34-20-18-30-6-4-23-42-38(30)40(34)44-35)28-15-11-26(12-16-28)25-9-13-27(14-10-25)31-21-24-43-39-32(31)19-17-29-5-3-22-41-37(29)39/h1-29H;1-24H. The van der Waals surface area contributed by atoms with Crippen LogP contribution in [0.3, 0.4) is 0 Å². The Hall–Kier alpha value is -13.4. The molecule has 0 saturated carbocycles. The Morgan fingerprint density at radius 2 is 0.571 bits per heavy atom. The molecule has 9 heterocycles. The molecule has 20 aromatic rings. The lowest BCUT2D eigenvalue weighted by Crippen LogP contribution is -1.94. The molecule has 0 atom stereocenters. The van der Waals surface area contributed by atoms with Crippen molar-refractivity contribution in [3.05, 3.63) is 322 Å². The number of para-hydroxylation sites is 2. The van der Waals surface area contributed by atoms with Gasteiger partial charge in [0.2, 0.25) is 0 Å². The molecule has 9 nitrogen and oxygen atoms in total. The molecular formula is C89H53N9. The average molecular weight is 1250 g/mol. The highest BCUT2D eigenvalue weighted by Crippen LogP contribution is 2.44. The molecule has 98 heavy (non-hydrogen) atoms. The molecule has 454 valence electrons. The van der Waals surface area contributed by atoms with Crippen molar-refractivity contribution in [2.75, 3.05) is 0 Å². The molecule has 0 unspecified atom stereocenters. The zero-order chi connectivity index (χ0) is 64.6. The van der Waals surface area contributed by atoms with Crippen molar-refractivity contribution in [1.82, 2.24) is 44.9 Å². The van der Waals surface area contributed by atoms with Gasteiger partial charge in [0.15, 0.2) is 0 Å². The van der Waals surface area contributed by atoms with Crippen LogP contribution < -0.4 is 0 Å². The largest absolute Gasteiger partial charge is 0.255 e. The Kier molecular flexibility index (Phi) is 13.3. The fourth-order valence-corrected chi connectivity index (χ4v) is 14.6. The zero-order valence-electron chi connectivity index (χ0n) is 52.6. The molecule has 20 rings (SSSR count). The summed E-state index contributed by atoms with van der Waals surface area (Å²) in [5, 5.41) is 16.1. The van der Waals surface area contributed by atoms with Gasteiger partial charge in [-0.15, -0.1) is 0 Å². The predicted molar refractivity (Wildman–Crippen MR) is 404 cm³/mol. The Balaban J connectivity index is 0.000000140. The maximum absolute atomic E-state index is 5.15. The van der Waals surface area contributed by atoms with Crippen LogP contribution in [0.1, 0.15) is 0 Å². The van der Waals surface area contributed by atoms with E-state index in [2.05, 4.69) is 244 Å². The highest BCUT2D eigenvalue weighted by Gasteiger charge is 2.20. The van der Waals surface area contributed by atoms with Crippen LogP contribution in [0.4, 0.5) is 0 Å². The van der Waals surface area contributed by atoms with Gasteiger partial charge in [-0.05, 0) is 162 Å². The van der Waals surface area contributed by atoms with E-state index >= 15 is 0 Å². The summed E-state index contributed by atoms with van der Waals surface area (Å²) >= 11 is 0. The van der Waals surface area contributed by atoms with E-state index in [1.165, 1.54) is 54.6 Å². The number of benzene rings is 11. The van der Waals surface area contributed by atoms with Crippen molar-refractivity contribution < 1.29 is 0 Å². The van der Waals surface area contributed by atoms with E-state index in [1.807, 2.05) is 97.8 Å². The van der Waals surface area contributed by atoms with Crippen molar-refractivity contribution in [3.63, 3.8) is 0 Å². The van der Waals surface area contributed by atoms with Crippen molar-refractivity contribution in [2.24, 2.45) is 0 Å². The molecule has 0 fully saturated rings. The molecule has 0 aliphatic rings. The van der Waals surface area contributed by atoms with Crippen LogP contribution in [0.2, 0.25) is 0 Å². The summed E-state index contributed by atoms with van der Waals surface area (Å²) in [6.45, 7) is 0. The van der Waals surface area contributed by atoms with E-state index < -0.39 is 0 Å². The van der Waals surface area contributed by atoms with Crippen LogP contribution in [-0.4, -0.2) is 44.9 Å². The summed E-state index contributed by atoms with van der Waals surface area (Å²) in [4.78, 5) is 43.2. The van der Waals surface area contributed by atoms with E-state index in [0.717, 1.165) is 143 Å². The molecule has 9 heteroatoms. The number of pyridine rings is 9. The van der Waals surface area contributed by atoms with Gasteiger partial charge in [0.1, 0.15) is 0 Å². The Bertz CT molecular complexity index is 6520. The van der Waals surface area contributed by atoms with Gasteiger partial charge in [-0.3, -0.25) is 29.9 Å². The van der Waals surface area contributed by atoms with E-state index in [9.17, 15) is 0 Å². The van der Waals surface area contributed by atoms with Crippen molar-refractivity contribution in [2.45, 2.75) is 0 Å². The van der Waals surface area contributed by atoms with Crippen molar-refractivity contribution >= 4 is 120 Å². The molecule has 0 saturated heterocycles.